The van der Waals surface area contributed by atoms with E-state index < -0.39 is 14.0 Å². The number of halogens is 1. The SMILES string of the molecule is NC1C(c2cc(Cc3ccc(Cc4cccc(F)c4)cc3)no2)=CC=CN1COP(=O)(O)O. The highest BCUT2D eigenvalue weighted by Gasteiger charge is 2.25. The lowest BCUT2D eigenvalue weighted by atomic mass is 10.0. The molecule has 33 heavy (non-hydrogen) atoms. The average Bonchev–Trinajstić information content (AvgIpc) is 3.22. The summed E-state index contributed by atoms with van der Waals surface area (Å²) in [6, 6.07) is 16.4. The fraction of sp³-hybridized carbons (Fsp3) is 0.174. The molecule has 1 aliphatic rings. The maximum Gasteiger partial charge on any atom is 0.471 e. The molecule has 1 aliphatic heterocycles. The van der Waals surface area contributed by atoms with Gasteiger partial charge in [0.05, 0.1) is 5.69 Å². The second-order valence-corrected chi connectivity index (χ2v) is 8.89. The smallest absolute Gasteiger partial charge is 0.356 e. The van der Waals surface area contributed by atoms with E-state index in [1.807, 2.05) is 30.3 Å². The van der Waals surface area contributed by atoms with E-state index in [2.05, 4.69) is 9.68 Å². The van der Waals surface area contributed by atoms with Crippen molar-refractivity contribution < 1.29 is 27.8 Å². The van der Waals surface area contributed by atoms with E-state index in [1.54, 1.807) is 30.5 Å². The Labute approximate surface area is 190 Å². The van der Waals surface area contributed by atoms with E-state index in [-0.39, 0.29) is 12.5 Å². The van der Waals surface area contributed by atoms with Crippen LogP contribution in [-0.2, 0) is 21.9 Å². The Kier molecular flexibility index (Phi) is 6.88. The fourth-order valence-electron chi connectivity index (χ4n) is 3.52. The summed E-state index contributed by atoms with van der Waals surface area (Å²) in [5.74, 6) is 0.220. The third kappa shape index (κ3) is 6.25. The van der Waals surface area contributed by atoms with Crippen molar-refractivity contribution >= 4 is 13.4 Å². The summed E-state index contributed by atoms with van der Waals surface area (Å²) in [5, 5.41) is 4.12. The third-order valence-electron chi connectivity index (χ3n) is 5.15. The number of benzene rings is 2. The first-order valence-corrected chi connectivity index (χ1v) is 11.7. The molecule has 10 heteroatoms. The molecule has 0 amide bonds. The van der Waals surface area contributed by atoms with Crippen LogP contribution in [0.4, 0.5) is 4.39 Å². The zero-order valence-electron chi connectivity index (χ0n) is 17.5. The van der Waals surface area contributed by atoms with Gasteiger partial charge in [-0.15, -0.1) is 0 Å². The van der Waals surface area contributed by atoms with E-state index in [0.717, 1.165) is 16.7 Å². The van der Waals surface area contributed by atoms with Gasteiger partial charge in [-0.1, -0.05) is 47.6 Å². The highest BCUT2D eigenvalue weighted by Crippen LogP contribution is 2.36. The Balaban J connectivity index is 1.39. The van der Waals surface area contributed by atoms with E-state index in [9.17, 15) is 8.96 Å². The minimum absolute atomic E-state index is 0.244. The number of aromatic nitrogens is 1. The first kappa shape index (κ1) is 23.1. The van der Waals surface area contributed by atoms with Crippen molar-refractivity contribution in [2.75, 3.05) is 6.73 Å². The maximum atomic E-state index is 13.4. The van der Waals surface area contributed by atoms with Gasteiger partial charge in [0, 0.05) is 24.3 Å². The molecule has 1 atom stereocenters. The number of nitrogens with two attached hydrogens (primary N) is 1. The number of rotatable bonds is 8. The summed E-state index contributed by atoms with van der Waals surface area (Å²) in [5.41, 5.74) is 10.5. The van der Waals surface area contributed by atoms with Crippen LogP contribution in [0.15, 0.2) is 77.5 Å². The summed E-state index contributed by atoms with van der Waals surface area (Å²) >= 11 is 0. The van der Waals surface area contributed by atoms with E-state index in [1.165, 1.54) is 17.0 Å². The van der Waals surface area contributed by atoms with E-state index in [0.29, 0.717) is 29.9 Å². The fourth-order valence-corrected chi connectivity index (χ4v) is 3.80. The largest absolute Gasteiger partial charge is 0.471 e. The normalized spacial score (nSPS) is 16.2. The van der Waals surface area contributed by atoms with Crippen molar-refractivity contribution in [1.82, 2.24) is 10.1 Å². The van der Waals surface area contributed by atoms with E-state index in [4.69, 9.17) is 20.0 Å². The topological polar surface area (TPSA) is 122 Å². The molecular weight excluding hydrogens is 448 g/mol. The third-order valence-corrected chi connectivity index (χ3v) is 5.61. The molecule has 8 nitrogen and oxygen atoms in total. The molecule has 0 bridgehead atoms. The molecule has 4 N–H and O–H groups in total. The summed E-state index contributed by atoms with van der Waals surface area (Å²) in [6.07, 6.45) is 5.49. The van der Waals surface area contributed by atoms with Crippen LogP contribution in [0.25, 0.3) is 5.57 Å². The number of hydrogen-bond donors (Lipinski definition) is 3. The standard InChI is InChI=1S/C23H23FN3O5P/c24-19-4-1-3-18(12-19)11-16-6-8-17(9-7-16)13-20-14-22(32-26-20)21-5-2-10-27(23(21)25)15-31-33(28,29)30/h1-10,12,14,23H,11,13,15,25H2,(H2,28,29,30). The van der Waals surface area contributed by atoms with Gasteiger partial charge in [-0.25, -0.2) is 8.96 Å². The lowest BCUT2D eigenvalue weighted by molar-refractivity contribution is 0.110. The molecule has 2 aromatic carbocycles. The Morgan fingerprint density at radius 2 is 1.82 bits per heavy atom. The quantitative estimate of drug-likeness (QED) is 0.427. The van der Waals surface area contributed by atoms with Gasteiger partial charge >= 0.3 is 7.82 Å². The number of hydrogen-bond acceptors (Lipinski definition) is 6. The zero-order chi connectivity index (χ0) is 23.4. The highest BCUT2D eigenvalue weighted by molar-refractivity contribution is 7.46. The summed E-state index contributed by atoms with van der Waals surface area (Å²) in [6.45, 7) is -0.373. The molecule has 0 saturated carbocycles. The molecule has 4 rings (SSSR count). The summed E-state index contributed by atoms with van der Waals surface area (Å²) < 4.78 is 34.3. The predicted octanol–water partition coefficient (Wildman–Crippen LogP) is 3.56. The molecule has 2 heterocycles. The minimum atomic E-state index is -4.61. The average molecular weight is 471 g/mol. The molecule has 1 unspecified atom stereocenters. The highest BCUT2D eigenvalue weighted by atomic mass is 31.2. The van der Waals surface area contributed by atoms with E-state index >= 15 is 0 Å². The van der Waals surface area contributed by atoms with Crippen LogP contribution in [0.5, 0.6) is 0 Å². The van der Waals surface area contributed by atoms with Gasteiger partial charge in [-0.3, -0.25) is 4.52 Å². The Bertz CT molecular complexity index is 1220. The van der Waals surface area contributed by atoms with Crippen LogP contribution in [0, 0.1) is 5.82 Å². The summed E-state index contributed by atoms with van der Waals surface area (Å²) in [7, 11) is -4.61. The molecule has 1 aromatic heterocycles. The molecular formula is C23H23FN3O5P. The van der Waals surface area contributed by atoms with Gasteiger partial charge in [0.1, 0.15) is 18.7 Å². The first-order valence-electron chi connectivity index (χ1n) is 10.1. The predicted molar refractivity (Wildman–Crippen MR) is 120 cm³/mol. The number of allylic oxidation sites excluding steroid dienone is 2. The Hall–Kier alpha value is -3.07. The van der Waals surface area contributed by atoms with Crippen molar-refractivity contribution in [2.24, 2.45) is 5.73 Å². The number of phosphoric acid groups is 1. The summed E-state index contributed by atoms with van der Waals surface area (Å²) in [4.78, 5) is 19.2. The van der Waals surface area contributed by atoms with Crippen molar-refractivity contribution in [3.05, 3.63) is 107 Å². The van der Waals surface area contributed by atoms with Crippen LogP contribution < -0.4 is 5.73 Å². The van der Waals surface area contributed by atoms with Crippen LogP contribution in [0.3, 0.4) is 0 Å². The van der Waals surface area contributed by atoms with Gasteiger partial charge in [-0.05, 0) is 41.3 Å². The van der Waals surface area contributed by atoms with Crippen LogP contribution in [0.2, 0.25) is 0 Å². The van der Waals surface area contributed by atoms with Crippen LogP contribution in [-0.4, -0.2) is 32.7 Å². The molecule has 0 fully saturated rings. The minimum Gasteiger partial charge on any atom is -0.356 e. The second kappa shape index (κ2) is 9.82. The molecule has 172 valence electrons. The molecule has 0 aliphatic carbocycles. The molecule has 0 saturated heterocycles. The van der Waals surface area contributed by atoms with Crippen LogP contribution >= 0.6 is 7.82 Å². The van der Waals surface area contributed by atoms with Crippen molar-refractivity contribution in [3.8, 4) is 0 Å². The molecule has 3 aromatic rings. The van der Waals surface area contributed by atoms with Crippen molar-refractivity contribution in [2.45, 2.75) is 19.0 Å². The van der Waals surface area contributed by atoms with Crippen LogP contribution in [0.1, 0.15) is 28.1 Å². The zero-order valence-corrected chi connectivity index (χ0v) is 18.4. The van der Waals surface area contributed by atoms with Gasteiger partial charge in [0.2, 0.25) is 0 Å². The monoisotopic (exact) mass is 471 g/mol. The van der Waals surface area contributed by atoms with Crippen molar-refractivity contribution in [3.63, 3.8) is 0 Å². The van der Waals surface area contributed by atoms with Gasteiger partial charge in [0.25, 0.3) is 0 Å². The first-order chi connectivity index (χ1) is 15.8. The van der Waals surface area contributed by atoms with Gasteiger partial charge in [-0.2, -0.15) is 0 Å². The lowest BCUT2D eigenvalue weighted by Crippen LogP contribution is -2.41. The number of phosphoric ester groups is 1. The van der Waals surface area contributed by atoms with Gasteiger partial charge < -0.3 is 24.9 Å². The maximum absolute atomic E-state index is 13.4. The van der Waals surface area contributed by atoms with Gasteiger partial charge in [0.15, 0.2) is 5.76 Å². The molecule has 0 spiro atoms. The molecule has 0 radical (unpaired) electrons. The Morgan fingerprint density at radius 1 is 1.09 bits per heavy atom. The van der Waals surface area contributed by atoms with Crippen molar-refractivity contribution in [1.29, 1.82) is 0 Å². The lowest BCUT2D eigenvalue weighted by Gasteiger charge is -2.30. The number of nitrogens with zero attached hydrogens (tertiary/aromatic N) is 2. The Morgan fingerprint density at radius 3 is 2.52 bits per heavy atom. The second-order valence-electron chi connectivity index (χ2n) is 7.65.